The van der Waals surface area contributed by atoms with E-state index in [4.69, 9.17) is 19.4 Å². The average molecular weight is 965 g/mol. The van der Waals surface area contributed by atoms with Crippen molar-refractivity contribution >= 4 is 72.5 Å². The molecule has 3 aromatic heterocycles. The summed E-state index contributed by atoms with van der Waals surface area (Å²) in [5.74, 6) is -1.38. The van der Waals surface area contributed by atoms with Gasteiger partial charge in [0.25, 0.3) is 0 Å². The molecule has 17 nitrogen and oxygen atoms in total. The number of thiazole rings is 1. The molecule has 1 aromatic carbocycles. The molecule has 8 rings (SSSR count). The molecule has 3 fully saturated rings. The van der Waals surface area contributed by atoms with Crippen LogP contribution in [0.1, 0.15) is 97.3 Å². The molecule has 6 atom stereocenters. The number of sulfonamides is 1. The maximum atomic E-state index is 15.0. The second-order valence-electron chi connectivity index (χ2n) is 19.3. The van der Waals surface area contributed by atoms with Crippen LogP contribution in [0, 0.1) is 11.3 Å². The first kappa shape index (κ1) is 47.4. The fraction of sp³-hybridized carbons (Fsp3) is 0.565. The van der Waals surface area contributed by atoms with Crippen molar-refractivity contribution in [2.24, 2.45) is 11.3 Å². The highest BCUT2D eigenvalue weighted by atomic mass is 32.2. The number of aliphatic carboxylic acids is 1. The van der Waals surface area contributed by atoms with E-state index in [9.17, 15) is 27.9 Å². The number of amides is 4. The van der Waals surface area contributed by atoms with Crippen LogP contribution < -0.4 is 30.7 Å². The molecule has 66 heavy (non-hydrogen) atoms. The van der Waals surface area contributed by atoms with E-state index in [0.717, 1.165) is 35.7 Å². The molecule has 1 saturated carbocycles. The van der Waals surface area contributed by atoms with Gasteiger partial charge in [-0.25, -0.2) is 28.0 Å². The van der Waals surface area contributed by atoms with E-state index in [1.54, 1.807) is 36.8 Å². The van der Waals surface area contributed by atoms with Crippen molar-refractivity contribution in [2.45, 2.75) is 140 Å². The summed E-state index contributed by atoms with van der Waals surface area (Å²) in [5, 5.41) is 27.6. The fourth-order valence-electron chi connectivity index (χ4n) is 9.29. The summed E-state index contributed by atoms with van der Waals surface area (Å²) in [6.45, 7) is 10.0. The number of fused-ring (bicyclic) bond motifs is 4. The lowest BCUT2D eigenvalue weighted by Gasteiger charge is -2.35. The lowest BCUT2D eigenvalue weighted by molar-refractivity contribution is -0.145. The second-order valence-corrected chi connectivity index (χ2v) is 23.1. The number of hydrogen-bond acceptors (Lipinski definition) is 13. The zero-order valence-corrected chi connectivity index (χ0v) is 40.7. The summed E-state index contributed by atoms with van der Waals surface area (Å²) in [6, 6.07) is 5.55. The quantitative estimate of drug-likeness (QED) is 0.108. The Labute approximate surface area is 393 Å². The van der Waals surface area contributed by atoms with Gasteiger partial charge in [-0.05, 0) is 68.0 Å². The number of carbonyl (C=O) groups excluding carboxylic acids is 3. The normalized spacial score (nSPS) is 25.2. The number of rotatable bonds is 11. The van der Waals surface area contributed by atoms with Crippen molar-refractivity contribution in [3.05, 3.63) is 46.0 Å². The summed E-state index contributed by atoms with van der Waals surface area (Å²) in [4.78, 5) is 68.5. The number of nitrogens with zero attached hydrogens (tertiary/aromatic N) is 4. The van der Waals surface area contributed by atoms with Crippen LogP contribution in [-0.4, -0.2) is 113 Å². The minimum atomic E-state index is -3.74. The lowest BCUT2D eigenvalue weighted by atomic mass is 9.86. The van der Waals surface area contributed by atoms with Crippen LogP contribution >= 0.6 is 22.7 Å². The van der Waals surface area contributed by atoms with Crippen molar-refractivity contribution in [1.29, 1.82) is 0 Å². The van der Waals surface area contributed by atoms with Gasteiger partial charge in [-0.1, -0.05) is 52.9 Å². The van der Waals surface area contributed by atoms with E-state index in [2.05, 4.69) is 21.3 Å². The Balaban J connectivity index is 1.08. The molecular formula is C46H60N8O9S3. The number of anilines is 1. The Morgan fingerprint density at radius 2 is 1.79 bits per heavy atom. The number of thiophene rings is 1. The average Bonchev–Trinajstić information content (AvgIpc) is 3.73. The third kappa shape index (κ3) is 9.96. The monoisotopic (exact) mass is 964 g/mol. The van der Waals surface area contributed by atoms with Crippen molar-refractivity contribution in [1.82, 2.24) is 35.1 Å². The van der Waals surface area contributed by atoms with Crippen LogP contribution in [0.5, 0.6) is 11.5 Å². The molecule has 0 bridgehead atoms. The van der Waals surface area contributed by atoms with Crippen molar-refractivity contribution in [3.8, 4) is 22.9 Å². The minimum absolute atomic E-state index is 0.0234. The first-order valence-corrected chi connectivity index (χ1v) is 25.9. The molecule has 5 N–H and O–H groups in total. The number of benzene rings is 1. The summed E-state index contributed by atoms with van der Waals surface area (Å²) in [6.07, 6.45) is 4.51. The van der Waals surface area contributed by atoms with Crippen molar-refractivity contribution < 1.29 is 42.2 Å². The van der Waals surface area contributed by atoms with Gasteiger partial charge in [-0.15, -0.1) is 22.7 Å². The maximum Gasteiger partial charge on any atom is 0.329 e. The predicted molar refractivity (Wildman–Crippen MR) is 252 cm³/mol. The molecule has 20 heteroatoms. The number of methoxy groups -OCH3 is 1. The Hall–Kier alpha value is -5.05. The van der Waals surface area contributed by atoms with E-state index >= 15 is 4.79 Å². The Morgan fingerprint density at radius 1 is 1.03 bits per heavy atom. The number of carboxylic acid groups (broad SMARTS) is 1. The van der Waals surface area contributed by atoms with Gasteiger partial charge in [0.1, 0.15) is 40.9 Å². The first-order chi connectivity index (χ1) is 31.4. The van der Waals surface area contributed by atoms with Gasteiger partial charge in [0.15, 0.2) is 5.13 Å². The number of carboxylic acids is 1. The third-order valence-electron chi connectivity index (χ3n) is 13.2. The maximum absolute atomic E-state index is 15.0. The Bertz CT molecular complexity index is 2590. The zero-order chi connectivity index (χ0) is 47.1. The SMILES string of the molecule is COc1ccc2c(O[C@@H]3C[C@H]4C(=O)N[C@]5(C(=O)O)CC5CCCCCCC[C@H](NC(=O)NC(CN5Cc6sccc6S5(=O)=O)C(C)(C)C)C(=O)N4C3)cc(-c3csc(NC(C)C)n3)nc2c1. The number of nitrogens with one attached hydrogen (secondary N) is 4. The molecule has 1 aliphatic carbocycles. The number of aromatic nitrogens is 2. The highest BCUT2D eigenvalue weighted by Gasteiger charge is 2.62. The minimum Gasteiger partial charge on any atom is -0.497 e. The van der Waals surface area contributed by atoms with Crippen LogP contribution in [0.4, 0.5) is 9.93 Å². The topological polar surface area (TPSA) is 221 Å². The third-order valence-corrected chi connectivity index (χ3v) is 16.9. The summed E-state index contributed by atoms with van der Waals surface area (Å²) >= 11 is 2.83. The van der Waals surface area contributed by atoms with E-state index in [-0.39, 0.29) is 49.3 Å². The molecule has 4 amide bonds. The molecular weight excluding hydrogens is 905 g/mol. The molecule has 2 saturated heterocycles. The van der Waals surface area contributed by atoms with Crippen molar-refractivity contribution in [2.75, 3.05) is 25.5 Å². The van der Waals surface area contributed by atoms with Gasteiger partial charge >= 0.3 is 12.0 Å². The second kappa shape index (κ2) is 18.9. The summed E-state index contributed by atoms with van der Waals surface area (Å²) < 4.78 is 40.5. The van der Waals surface area contributed by atoms with Gasteiger partial charge in [-0.2, -0.15) is 4.31 Å². The summed E-state index contributed by atoms with van der Waals surface area (Å²) in [7, 11) is -2.17. The van der Waals surface area contributed by atoms with Crippen LogP contribution in [0.25, 0.3) is 22.3 Å². The molecule has 3 aliphatic heterocycles. The van der Waals surface area contributed by atoms with Crippen LogP contribution in [0.2, 0.25) is 0 Å². The Morgan fingerprint density at radius 3 is 2.50 bits per heavy atom. The van der Waals surface area contributed by atoms with E-state index in [0.29, 0.717) is 53.1 Å². The Kier molecular flexibility index (Phi) is 13.6. The fourth-order valence-corrected chi connectivity index (χ4v) is 13.1. The molecule has 4 aliphatic rings. The highest BCUT2D eigenvalue weighted by molar-refractivity contribution is 7.89. The van der Waals surface area contributed by atoms with Crippen LogP contribution in [0.3, 0.4) is 0 Å². The predicted octanol–water partition coefficient (Wildman–Crippen LogP) is 6.59. The van der Waals surface area contributed by atoms with E-state index in [1.807, 2.05) is 46.1 Å². The highest BCUT2D eigenvalue weighted by Crippen LogP contribution is 2.48. The van der Waals surface area contributed by atoms with Gasteiger partial charge in [0.2, 0.25) is 21.8 Å². The standard InChI is InChI=1S/C46H60N8O9S3/c1-26(2)47-44-50-34(25-65-44)33-20-36(30-15-14-28(62-6)18-32(30)48-33)63-29-19-35-40(55)52-46(42(57)58)21-27(46)12-10-8-7-9-11-13-31(41(56)54(35)22-29)49-43(59)51-39(45(3,4)5)24-53-23-37-38(16-17-64-37)66(53,60)61/h14-18,20,25-27,29,31,35,39H,7-13,19,21-24H2,1-6H3,(H,47,50)(H,52,55)(H,57,58)(H2,49,51,59)/t27?,29-,31+,35+,39?,46-/m1/s1. The van der Waals surface area contributed by atoms with E-state index < -0.39 is 69.0 Å². The van der Waals surface area contributed by atoms with E-state index in [1.165, 1.54) is 31.9 Å². The van der Waals surface area contributed by atoms with Gasteiger partial charge < -0.3 is 40.7 Å². The largest absolute Gasteiger partial charge is 0.497 e. The number of pyridine rings is 1. The lowest BCUT2D eigenvalue weighted by Crippen LogP contribution is -2.59. The molecule has 6 heterocycles. The van der Waals surface area contributed by atoms with Gasteiger partial charge in [0.05, 0.1) is 29.8 Å². The molecule has 0 radical (unpaired) electrons. The van der Waals surface area contributed by atoms with Gasteiger partial charge in [0, 0.05) is 59.4 Å². The number of hydrogen-bond donors (Lipinski definition) is 5. The van der Waals surface area contributed by atoms with Crippen molar-refractivity contribution in [3.63, 3.8) is 0 Å². The number of carbonyl (C=O) groups is 4. The first-order valence-electron chi connectivity index (χ1n) is 22.7. The zero-order valence-electron chi connectivity index (χ0n) is 38.2. The van der Waals surface area contributed by atoms with Gasteiger partial charge in [-0.3, -0.25) is 9.59 Å². The smallest absolute Gasteiger partial charge is 0.329 e. The molecule has 2 unspecified atom stereocenters. The molecule has 0 spiro atoms. The van der Waals surface area contributed by atoms with Crippen LogP contribution in [-0.2, 0) is 31.0 Å². The number of ether oxygens (including phenoxy) is 2. The summed E-state index contributed by atoms with van der Waals surface area (Å²) in [5.41, 5.74) is -0.244. The molecule has 356 valence electrons. The molecule has 4 aromatic rings. The number of urea groups is 1. The van der Waals surface area contributed by atoms with Crippen LogP contribution in [0.15, 0.2) is 46.0 Å².